The Morgan fingerprint density at radius 1 is 1.06 bits per heavy atom. The summed E-state index contributed by atoms with van der Waals surface area (Å²) in [7, 11) is 0. The molecule has 82 valence electrons. The summed E-state index contributed by atoms with van der Waals surface area (Å²) in [5.41, 5.74) is 2.29. The van der Waals surface area contributed by atoms with Crippen LogP contribution in [-0.4, -0.2) is 4.98 Å². The molecule has 2 rings (SSSR count). The number of hydrogen-bond acceptors (Lipinski definition) is 1. The fraction of sp³-hybridized carbons (Fsp3) is 0.154. The predicted molar refractivity (Wildman–Crippen MR) is 66.0 cm³/mol. The summed E-state index contributed by atoms with van der Waals surface area (Å²) in [5.74, 6) is -0.196. The summed E-state index contributed by atoms with van der Waals surface area (Å²) in [6.07, 6.45) is 4.38. The van der Waals surface area contributed by atoms with Gasteiger partial charge in [-0.3, -0.25) is 4.98 Å². The molecule has 16 heavy (non-hydrogen) atoms. The minimum Gasteiger partial charge on any atom is -0.265 e. The van der Waals surface area contributed by atoms with E-state index in [0.29, 0.717) is 0 Å². The van der Waals surface area contributed by atoms with Gasteiger partial charge in [0.15, 0.2) is 0 Å². The molecule has 1 atom stereocenters. The second kappa shape index (κ2) is 5.21. The quantitative estimate of drug-likeness (QED) is 0.777. The lowest BCUT2D eigenvalue weighted by Crippen LogP contribution is -1.95. The minimum atomic E-state index is -0.196. The fourth-order valence-corrected chi connectivity index (χ4v) is 2.20. The highest BCUT2D eigenvalue weighted by Crippen LogP contribution is 2.26. The third-order valence-corrected chi connectivity index (χ3v) is 3.25. The normalized spacial score (nSPS) is 12.4. The number of aromatic nitrogens is 1. The summed E-state index contributed by atoms with van der Waals surface area (Å²) < 4.78 is 12.7. The maximum absolute atomic E-state index is 12.7. The van der Waals surface area contributed by atoms with Gasteiger partial charge in [0.1, 0.15) is 5.82 Å². The first-order chi connectivity index (χ1) is 7.75. The highest BCUT2D eigenvalue weighted by molar-refractivity contribution is 9.09. The average molecular weight is 280 g/mol. The van der Waals surface area contributed by atoms with Crippen LogP contribution in [0, 0.1) is 5.82 Å². The number of benzene rings is 1. The molecule has 0 saturated carbocycles. The van der Waals surface area contributed by atoms with Crippen molar-refractivity contribution in [2.24, 2.45) is 0 Å². The third-order valence-electron chi connectivity index (χ3n) is 2.40. The molecule has 0 amide bonds. The molecule has 3 heteroatoms. The molecule has 0 saturated heterocycles. The SMILES string of the molecule is Fc1ccc(CC(Br)c2ccncc2)cc1. The average Bonchev–Trinajstić information content (AvgIpc) is 2.33. The van der Waals surface area contributed by atoms with E-state index in [9.17, 15) is 4.39 Å². The van der Waals surface area contributed by atoms with E-state index >= 15 is 0 Å². The van der Waals surface area contributed by atoms with Gasteiger partial charge in [-0.25, -0.2) is 4.39 Å². The van der Waals surface area contributed by atoms with Gasteiger partial charge in [0.25, 0.3) is 0 Å². The van der Waals surface area contributed by atoms with Crippen molar-refractivity contribution in [1.82, 2.24) is 4.98 Å². The van der Waals surface area contributed by atoms with Gasteiger partial charge in [0.05, 0.1) is 0 Å². The van der Waals surface area contributed by atoms with Crippen LogP contribution >= 0.6 is 15.9 Å². The lowest BCUT2D eigenvalue weighted by atomic mass is 10.1. The van der Waals surface area contributed by atoms with Crippen LogP contribution in [-0.2, 0) is 6.42 Å². The topological polar surface area (TPSA) is 12.9 Å². The summed E-state index contributed by atoms with van der Waals surface area (Å²) in [6.45, 7) is 0. The van der Waals surface area contributed by atoms with Crippen molar-refractivity contribution >= 4 is 15.9 Å². The van der Waals surface area contributed by atoms with Crippen molar-refractivity contribution < 1.29 is 4.39 Å². The van der Waals surface area contributed by atoms with Gasteiger partial charge in [-0.2, -0.15) is 0 Å². The second-order valence-electron chi connectivity index (χ2n) is 3.58. The monoisotopic (exact) mass is 279 g/mol. The number of halogens is 2. The molecule has 0 aliphatic carbocycles. The van der Waals surface area contributed by atoms with Crippen molar-refractivity contribution in [2.75, 3.05) is 0 Å². The van der Waals surface area contributed by atoms with E-state index in [1.54, 1.807) is 12.4 Å². The van der Waals surface area contributed by atoms with E-state index in [2.05, 4.69) is 20.9 Å². The van der Waals surface area contributed by atoms with Crippen LogP contribution in [0.4, 0.5) is 4.39 Å². The Balaban J connectivity index is 2.08. The number of hydrogen-bond donors (Lipinski definition) is 0. The first-order valence-corrected chi connectivity index (χ1v) is 5.96. The molecule has 1 unspecified atom stereocenters. The Kier molecular flexibility index (Phi) is 3.67. The molecule has 1 heterocycles. The molecular weight excluding hydrogens is 269 g/mol. The molecule has 1 nitrogen and oxygen atoms in total. The first kappa shape index (κ1) is 11.3. The number of pyridine rings is 1. The van der Waals surface area contributed by atoms with E-state index in [-0.39, 0.29) is 10.6 Å². The van der Waals surface area contributed by atoms with Crippen LogP contribution in [0.3, 0.4) is 0 Å². The Morgan fingerprint density at radius 3 is 2.31 bits per heavy atom. The highest BCUT2D eigenvalue weighted by atomic mass is 79.9. The van der Waals surface area contributed by atoms with Crippen molar-refractivity contribution in [3.05, 3.63) is 65.7 Å². The van der Waals surface area contributed by atoms with Gasteiger partial charge in [0, 0.05) is 17.2 Å². The van der Waals surface area contributed by atoms with Crippen molar-refractivity contribution in [1.29, 1.82) is 0 Å². The standard InChI is InChI=1S/C13H11BrFN/c14-13(11-5-7-16-8-6-11)9-10-1-3-12(15)4-2-10/h1-8,13H,9H2. The van der Waals surface area contributed by atoms with Crippen LogP contribution in [0.2, 0.25) is 0 Å². The third kappa shape index (κ3) is 2.89. The zero-order valence-corrected chi connectivity index (χ0v) is 10.2. The maximum atomic E-state index is 12.7. The van der Waals surface area contributed by atoms with Crippen LogP contribution in [0.5, 0.6) is 0 Å². The Hall–Kier alpha value is -1.22. The van der Waals surface area contributed by atoms with Gasteiger partial charge in [-0.1, -0.05) is 28.1 Å². The lowest BCUT2D eigenvalue weighted by molar-refractivity contribution is 0.627. The fourth-order valence-electron chi connectivity index (χ4n) is 1.52. The smallest absolute Gasteiger partial charge is 0.123 e. The van der Waals surface area contributed by atoms with Gasteiger partial charge in [0.2, 0.25) is 0 Å². The van der Waals surface area contributed by atoms with Gasteiger partial charge in [-0.05, 0) is 41.8 Å². The Labute approximate surface area is 102 Å². The Bertz CT molecular complexity index is 441. The van der Waals surface area contributed by atoms with E-state index < -0.39 is 0 Å². The van der Waals surface area contributed by atoms with Gasteiger partial charge in [-0.15, -0.1) is 0 Å². The van der Waals surface area contributed by atoms with Crippen molar-refractivity contribution in [2.45, 2.75) is 11.2 Å². The zero-order valence-electron chi connectivity index (χ0n) is 8.61. The van der Waals surface area contributed by atoms with Gasteiger partial charge < -0.3 is 0 Å². The van der Waals surface area contributed by atoms with Crippen LogP contribution in [0.1, 0.15) is 16.0 Å². The largest absolute Gasteiger partial charge is 0.265 e. The molecule has 1 aromatic heterocycles. The van der Waals surface area contributed by atoms with Crippen LogP contribution in [0.15, 0.2) is 48.8 Å². The molecule has 1 aromatic carbocycles. The zero-order chi connectivity index (χ0) is 11.4. The van der Waals surface area contributed by atoms with E-state index in [1.165, 1.54) is 17.7 Å². The number of rotatable bonds is 3. The molecule has 0 fully saturated rings. The summed E-state index contributed by atoms with van der Waals surface area (Å²) in [6, 6.07) is 10.5. The minimum absolute atomic E-state index is 0.196. The Morgan fingerprint density at radius 2 is 1.69 bits per heavy atom. The van der Waals surface area contributed by atoms with Crippen LogP contribution < -0.4 is 0 Å². The molecule has 0 N–H and O–H groups in total. The van der Waals surface area contributed by atoms with E-state index in [4.69, 9.17) is 0 Å². The number of nitrogens with zero attached hydrogens (tertiary/aromatic N) is 1. The van der Waals surface area contributed by atoms with Crippen molar-refractivity contribution in [3.63, 3.8) is 0 Å². The van der Waals surface area contributed by atoms with E-state index in [0.717, 1.165) is 12.0 Å². The summed E-state index contributed by atoms with van der Waals surface area (Å²) in [4.78, 5) is 4.21. The summed E-state index contributed by atoms with van der Waals surface area (Å²) in [5, 5.41) is 0. The lowest BCUT2D eigenvalue weighted by Gasteiger charge is -2.09. The van der Waals surface area contributed by atoms with Gasteiger partial charge >= 0.3 is 0 Å². The maximum Gasteiger partial charge on any atom is 0.123 e. The number of alkyl halides is 1. The second-order valence-corrected chi connectivity index (χ2v) is 4.68. The predicted octanol–water partition coefficient (Wildman–Crippen LogP) is 3.90. The van der Waals surface area contributed by atoms with Crippen molar-refractivity contribution in [3.8, 4) is 0 Å². The summed E-state index contributed by atoms with van der Waals surface area (Å²) >= 11 is 3.62. The molecule has 0 spiro atoms. The van der Waals surface area contributed by atoms with E-state index in [1.807, 2.05) is 24.3 Å². The van der Waals surface area contributed by atoms with Crippen LogP contribution in [0.25, 0.3) is 0 Å². The molecule has 0 aliphatic heterocycles. The molecule has 0 radical (unpaired) electrons. The first-order valence-electron chi connectivity index (χ1n) is 5.04. The highest BCUT2D eigenvalue weighted by Gasteiger charge is 2.07. The molecular formula is C13H11BrFN. The molecule has 0 aliphatic rings. The molecule has 0 bridgehead atoms. The molecule has 2 aromatic rings.